The molecule has 0 amide bonds. The number of nitrogens with zero attached hydrogens (tertiary/aromatic N) is 1. The number of aryl methyl sites for hydroxylation is 1. The van der Waals surface area contributed by atoms with E-state index in [-0.39, 0.29) is 5.82 Å². The minimum atomic E-state index is -0.211. The highest BCUT2D eigenvalue weighted by Crippen LogP contribution is 2.18. The predicted molar refractivity (Wildman–Crippen MR) is 65.9 cm³/mol. The summed E-state index contributed by atoms with van der Waals surface area (Å²) in [6.45, 7) is 7.71. The van der Waals surface area contributed by atoms with E-state index in [0.29, 0.717) is 6.61 Å². The maximum absolute atomic E-state index is 12.9. The molecule has 2 rings (SSSR count). The monoisotopic (exact) mass is 238 g/mol. The number of benzene rings is 1. The number of hydrogen-bond acceptors (Lipinski definition) is 3. The van der Waals surface area contributed by atoms with Crippen LogP contribution in [0.1, 0.15) is 5.56 Å². The van der Waals surface area contributed by atoms with Gasteiger partial charge in [0.05, 0.1) is 0 Å². The molecule has 1 saturated heterocycles. The van der Waals surface area contributed by atoms with Crippen LogP contribution in [-0.4, -0.2) is 44.2 Å². The van der Waals surface area contributed by atoms with Crippen LogP contribution in [0.3, 0.4) is 0 Å². The van der Waals surface area contributed by atoms with Crippen LogP contribution >= 0.6 is 0 Å². The smallest absolute Gasteiger partial charge is 0.123 e. The average molecular weight is 238 g/mol. The zero-order chi connectivity index (χ0) is 12.1. The first-order valence-electron chi connectivity index (χ1n) is 6.08. The van der Waals surface area contributed by atoms with Gasteiger partial charge in [-0.05, 0) is 30.7 Å². The Morgan fingerprint density at radius 3 is 2.82 bits per heavy atom. The van der Waals surface area contributed by atoms with Crippen molar-refractivity contribution < 1.29 is 9.13 Å². The molecule has 1 aromatic rings. The third-order valence-electron chi connectivity index (χ3n) is 3.01. The van der Waals surface area contributed by atoms with E-state index in [1.54, 1.807) is 6.07 Å². The highest BCUT2D eigenvalue weighted by Gasteiger charge is 2.09. The first-order chi connectivity index (χ1) is 8.25. The minimum absolute atomic E-state index is 0.211. The van der Waals surface area contributed by atoms with Crippen LogP contribution < -0.4 is 10.1 Å². The second-order valence-electron chi connectivity index (χ2n) is 4.35. The van der Waals surface area contributed by atoms with Gasteiger partial charge in [-0.1, -0.05) is 0 Å². The molecule has 0 radical (unpaired) electrons. The molecule has 94 valence electrons. The van der Waals surface area contributed by atoms with E-state index in [1.807, 2.05) is 6.92 Å². The number of piperazine rings is 1. The lowest BCUT2D eigenvalue weighted by Crippen LogP contribution is -2.44. The maximum atomic E-state index is 12.9. The Morgan fingerprint density at radius 2 is 2.12 bits per heavy atom. The van der Waals surface area contributed by atoms with Gasteiger partial charge in [-0.15, -0.1) is 0 Å². The Balaban J connectivity index is 1.77. The molecule has 0 atom stereocenters. The summed E-state index contributed by atoms with van der Waals surface area (Å²) in [5.74, 6) is 0.568. The lowest BCUT2D eigenvalue weighted by atomic mass is 10.2. The van der Waals surface area contributed by atoms with Crippen molar-refractivity contribution in [2.24, 2.45) is 0 Å². The Bertz CT molecular complexity index is 364. The van der Waals surface area contributed by atoms with Crippen LogP contribution in [0.25, 0.3) is 0 Å². The zero-order valence-corrected chi connectivity index (χ0v) is 10.2. The van der Waals surface area contributed by atoms with Crippen molar-refractivity contribution in [1.29, 1.82) is 0 Å². The van der Waals surface area contributed by atoms with Gasteiger partial charge in [-0.3, -0.25) is 4.90 Å². The van der Waals surface area contributed by atoms with Gasteiger partial charge in [-0.25, -0.2) is 4.39 Å². The van der Waals surface area contributed by atoms with Gasteiger partial charge in [0, 0.05) is 32.7 Å². The summed E-state index contributed by atoms with van der Waals surface area (Å²) in [4.78, 5) is 2.37. The van der Waals surface area contributed by atoms with E-state index >= 15 is 0 Å². The van der Waals surface area contributed by atoms with Gasteiger partial charge in [0.2, 0.25) is 0 Å². The van der Waals surface area contributed by atoms with Crippen LogP contribution in [0.2, 0.25) is 0 Å². The fourth-order valence-electron chi connectivity index (χ4n) is 1.99. The van der Waals surface area contributed by atoms with E-state index in [1.165, 1.54) is 12.1 Å². The van der Waals surface area contributed by atoms with Crippen molar-refractivity contribution in [3.8, 4) is 5.75 Å². The summed E-state index contributed by atoms with van der Waals surface area (Å²) in [5.41, 5.74) is 0.852. The van der Waals surface area contributed by atoms with Crippen molar-refractivity contribution in [2.45, 2.75) is 6.92 Å². The predicted octanol–water partition coefficient (Wildman–Crippen LogP) is 1.42. The van der Waals surface area contributed by atoms with Crippen molar-refractivity contribution in [3.05, 3.63) is 29.6 Å². The summed E-state index contributed by atoms with van der Waals surface area (Å²) < 4.78 is 18.6. The molecule has 0 unspecified atom stereocenters. The molecule has 1 aliphatic rings. The molecule has 1 N–H and O–H groups in total. The molecule has 1 fully saturated rings. The summed E-state index contributed by atoms with van der Waals surface area (Å²) in [5, 5.41) is 3.31. The van der Waals surface area contributed by atoms with Gasteiger partial charge in [0.25, 0.3) is 0 Å². The summed E-state index contributed by atoms with van der Waals surface area (Å²) in [6.07, 6.45) is 0. The second-order valence-corrected chi connectivity index (χ2v) is 4.35. The number of nitrogens with one attached hydrogen (secondary N) is 1. The summed E-state index contributed by atoms with van der Waals surface area (Å²) in [6, 6.07) is 4.63. The van der Waals surface area contributed by atoms with Gasteiger partial charge < -0.3 is 10.1 Å². The standard InChI is InChI=1S/C13H19FN2O/c1-11-10-12(14)2-3-13(11)17-9-8-16-6-4-15-5-7-16/h2-3,10,15H,4-9H2,1H3. The summed E-state index contributed by atoms with van der Waals surface area (Å²) in [7, 11) is 0. The van der Waals surface area contributed by atoms with Crippen molar-refractivity contribution in [3.63, 3.8) is 0 Å². The van der Waals surface area contributed by atoms with Crippen molar-refractivity contribution >= 4 is 0 Å². The van der Waals surface area contributed by atoms with Crippen LogP contribution in [0.15, 0.2) is 18.2 Å². The van der Waals surface area contributed by atoms with E-state index < -0.39 is 0 Å². The maximum Gasteiger partial charge on any atom is 0.123 e. The van der Waals surface area contributed by atoms with Crippen LogP contribution in [-0.2, 0) is 0 Å². The molecule has 1 aliphatic heterocycles. The van der Waals surface area contributed by atoms with Gasteiger partial charge in [0.15, 0.2) is 0 Å². The van der Waals surface area contributed by atoms with Crippen molar-refractivity contribution in [2.75, 3.05) is 39.3 Å². The quantitative estimate of drug-likeness (QED) is 0.858. The molecule has 0 aromatic heterocycles. The Hall–Kier alpha value is -1.13. The number of ether oxygens (including phenoxy) is 1. The molecule has 1 heterocycles. The molecular weight excluding hydrogens is 219 g/mol. The largest absolute Gasteiger partial charge is 0.492 e. The second kappa shape index (κ2) is 5.98. The van der Waals surface area contributed by atoms with E-state index in [2.05, 4.69) is 10.2 Å². The fourth-order valence-corrected chi connectivity index (χ4v) is 1.99. The number of hydrogen-bond donors (Lipinski definition) is 1. The van der Waals surface area contributed by atoms with Gasteiger partial charge >= 0.3 is 0 Å². The van der Waals surface area contributed by atoms with Crippen LogP contribution in [0.5, 0.6) is 5.75 Å². The highest BCUT2D eigenvalue weighted by molar-refractivity contribution is 5.32. The highest BCUT2D eigenvalue weighted by atomic mass is 19.1. The molecule has 1 aromatic carbocycles. The third kappa shape index (κ3) is 3.68. The fraction of sp³-hybridized carbons (Fsp3) is 0.538. The number of halogens is 1. The molecule has 0 saturated carbocycles. The van der Waals surface area contributed by atoms with Gasteiger partial charge in [0.1, 0.15) is 18.2 Å². The molecule has 17 heavy (non-hydrogen) atoms. The van der Waals surface area contributed by atoms with E-state index in [9.17, 15) is 4.39 Å². The van der Waals surface area contributed by atoms with Crippen molar-refractivity contribution in [1.82, 2.24) is 10.2 Å². The molecule has 0 bridgehead atoms. The Labute approximate surface area is 102 Å². The first kappa shape index (κ1) is 12.3. The minimum Gasteiger partial charge on any atom is -0.492 e. The topological polar surface area (TPSA) is 24.5 Å². The lowest BCUT2D eigenvalue weighted by Gasteiger charge is -2.27. The van der Waals surface area contributed by atoms with Crippen LogP contribution in [0, 0.1) is 12.7 Å². The molecule has 3 nitrogen and oxygen atoms in total. The van der Waals surface area contributed by atoms with E-state index in [0.717, 1.165) is 44.0 Å². The Morgan fingerprint density at radius 1 is 1.35 bits per heavy atom. The molecule has 0 spiro atoms. The first-order valence-corrected chi connectivity index (χ1v) is 6.08. The number of rotatable bonds is 4. The van der Waals surface area contributed by atoms with Gasteiger partial charge in [-0.2, -0.15) is 0 Å². The van der Waals surface area contributed by atoms with Crippen LogP contribution in [0.4, 0.5) is 4.39 Å². The molecule has 0 aliphatic carbocycles. The zero-order valence-electron chi connectivity index (χ0n) is 10.2. The lowest BCUT2D eigenvalue weighted by molar-refractivity contribution is 0.191. The summed E-state index contributed by atoms with van der Waals surface area (Å²) >= 11 is 0. The van der Waals surface area contributed by atoms with E-state index in [4.69, 9.17) is 4.74 Å². The molecular formula is C13H19FN2O. The third-order valence-corrected chi connectivity index (χ3v) is 3.01. The Kier molecular flexibility index (Phi) is 4.34. The average Bonchev–Trinajstić information content (AvgIpc) is 2.33. The normalized spacial score (nSPS) is 17.1. The SMILES string of the molecule is Cc1cc(F)ccc1OCCN1CCNCC1. The molecule has 4 heteroatoms.